The first-order chi connectivity index (χ1) is 23.5. The third-order valence-electron chi connectivity index (χ3n) is 10.8. The third kappa shape index (κ3) is 6.27. The van der Waals surface area contributed by atoms with Crippen molar-refractivity contribution in [1.29, 1.82) is 0 Å². The van der Waals surface area contributed by atoms with Crippen molar-refractivity contribution in [2.24, 2.45) is 11.8 Å². The number of methoxy groups -OCH3 is 2. The van der Waals surface area contributed by atoms with Crippen molar-refractivity contribution < 1.29 is 48.0 Å². The molecule has 3 heterocycles. The van der Waals surface area contributed by atoms with Crippen molar-refractivity contribution >= 4 is 53.8 Å². The number of anilines is 1. The summed E-state index contributed by atoms with van der Waals surface area (Å²) in [5, 5.41) is 15.6. The highest BCUT2D eigenvalue weighted by Gasteiger charge is 2.83. The Bertz CT molecular complexity index is 1620. The number of rotatable bonds is 7. The monoisotopic (exact) mass is 735 g/mol. The van der Waals surface area contributed by atoms with Crippen LogP contribution in [0.15, 0.2) is 35.9 Å². The molecular weight excluding hydrogens is 690 g/mol. The molecule has 15 heteroatoms. The number of benzene rings is 1. The highest BCUT2D eigenvalue weighted by molar-refractivity contribution is 7.80. The second-order valence-electron chi connectivity index (χ2n) is 13.8. The van der Waals surface area contributed by atoms with Crippen LogP contribution >= 0.6 is 24.2 Å². The van der Waals surface area contributed by atoms with Crippen molar-refractivity contribution in [2.45, 2.75) is 88.2 Å². The van der Waals surface area contributed by atoms with Gasteiger partial charge in [0.25, 0.3) is 0 Å². The van der Waals surface area contributed by atoms with Crippen molar-refractivity contribution in [3.05, 3.63) is 46.5 Å². The fourth-order valence-corrected chi connectivity index (χ4v) is 8.27. The first-order valence-electron chi connectivity index (χ1n) is 16.5. The molecule has 1 aromatic carbocycles. The Balaban J connectivity index is 1.76. The van der Waals surface area contributed by atoms with E-state index in [1.54, 1.807) is 31.2 Å². The Kier molecular flexibility index (Phi) is 10.6. The summed E-state index contributed by atoms with van der Waals surface area (Å²) in [7, 11) is 5.86. The molecule has 5 rings (SSSR count). The molecule has 3 fully saturated rings. The number of aliphatic hydroxyl groups is 1. The number of allylic oxidation sites excluding steroid dienone is 3. The SMILES string of the molecule is COc1cc2cc(c1Cl)N(C)C(=O)C[C@@]1(OC(=O)[C@H](C)N(C)C(=O)CCS)C3[C@H](OC(=O)N[C@@]3(O)[C@H](OC)/C=C/C=C(\C)C2)[C@@H](C)[C@@H]2O[C@]21C. The van der Waals surface area contributed by atoms with Crippen LogP contribution in [-0.2, 0) is 39.8 Å². The average Bonchev–Trinajstić information content (AvgIpc) is 3.78. The molecule has 2 N–H and O–H groups in total. The molecule has 13 nitrogen and oxygen atoms in total. The van der Waals surface area contributed by atoms with E-state index < -0.39 is 77.5 Å². The van der Waals surface area contributed by atoms with Crippen molar-refractivity contribution in [2.75, 3.05) is 39.0 Å². The smallest absolute Gasteiger partial charge is 0.409 e. The number of esters is 1. The van der Waals surface area contributed by atoms with Crippen LogP contribution in [0.2, 0.25) is 5.02 Å². The minimum Gasteiger partial charge on any atom is -0.495 e. The van der Waals surface area contributed by atoms with Crippen molar-refractivity contribution in [1.82, 2.24) is 10.2 Å². The quantitative estimate of drug-likeness (QED) is 0.216. The van der Waals surface area contributed by atoms with E-state index >= 15 is 0 Å². The van der Waals surface area contributed by atoms with Gasteiger partial charge in [-0.15, -0.1) is 0 Å². The number of nitrogens with one attached hydrogen (secondary N) is 1. The number of halogens is 1. The van der Waals surface area contributed by atoms with Gasteiger partial charge >= 0.3 is 12.1 Å². The van der Waals surface area contributed by atoms with E-state index in [4.69, 9.17) is 35.3 Å². The average molecular weight is 736 g/mol. The Morgan fingerprint density at radius 2 is 1.98 bits per heavy atom. The molecule has 2 bridgehead atoms. The van der Waals surface area contributed by atoms with Gasteiger partial charge in [-0.25, -0.2) is 9.59 Å². The minimum absolute atomic E-state index is 0.0788. The summed E-state index contributed by atoms with van der Waals surface area (Å²) in [6, 6.07) is 2.46. The maximum atomic E-state index is 14.7. The van der Waals surface area contributed by atoms with Gasteiger partial charge in [0.2, 0.25) is 11.8 Å². The molecule has 1 aromatic rings. The Labute approximate surface area is 302 Å². The number of hydrogen-bond donors (Lipinski definition) is 3. The number of nitrogens with zero attached hydrogens (tertiary/aromatic N) is 2. The summed E-state index contributed by atoms with van der Waals surface area (Å²) in [4.78, 5) is 57.5. The zero-order chi connectivity index (χ0) is 36.9. The summed E-state index contributed by atoms with van der Waals surface area (Å²) < 4.78 is 30.1. The number of thiol groups is 1. The van der Waals surface area contributed by atoms with Crippen LogP contribution in [0.4, 0.5) is 10.5 Å². The van der Waals surface area contributed by atoms with E-state index in [0.717, 1.165) is 11.1 Å². The van der Waals surface area contributed by atoms with Crippen LogP contribution in [0.1, 0.15) is 46.1 Å². The molecule has 2 saturated heterocycles. The van der Waals surface area contributed by atoms with Crippen LogP contribution in [-0.4, -0.2) is 109 Å². The zero-order valence-electron chi connectivity index (χ0n) is 29.5. The van der Waals surface area contributed by atoms with Gasteiger partial charge in [-0.3, -0.25) is 14.9 Å². The molecule has 1 saturated carbocycles. The Hall–Kier alpha value is -3.30. The van der Waals surface area contributed by atoms with E-state index in [1.807, 2.05) is 19.9 Å². The number of alkyl carbamates (subject to hydrolysis) is 1. The van der Waals surface area contributed by atoms with E-state index in [2.05, 4.69) is 17.9 Å². The second-order valence-corrected chi connectivity index (χ2v) is 14.6. The normalized spacial score (nSPS) is 35.7. The minimum atomic E-state index is -2.30. The first-order valence-corrected chi connectivity index (χ1v) is 17.5. The van der Waals surface area contributed by atoms with Gasteiger partial charge in [0.15, 0.2) is 11.3 Å². The van der Waals surface area contributed by atoms with Gasteiger partial charge < -0.3 is 38.6 Å². The number of ether oxygens (including phenoxy) is 5. The summed E-state index contributed by atoms with van der Waals surface area (Å²) in [6.07, 6.45) is 1.23. The Morgan fingerprint density at radius 3 is 2.62 bits per heavy atom. The molecular formula is C35H46ClN3O10S. The number of fused-ring (bicyclic) bond motifs is 4. The maximum absolute atomic E-state index is 14.7. The lowest BCUT2D eigenvalue weighted by Gasteiger charge is -2.58. The van der Waals surface area contributed by atoms with Gasteiger partial charge in [-0.2, -0.15) is 12.6 Å². The summed E-state index contributed by atoms with van der Waals surface area (Å²) in [5.74, 6) is -2.97. The number of epoxide rings is 1. The van der Waals surface area contributed by atoms with Crippen LogP contribution in [0.3, 0.4) is 0 Å². The molecule has 3 amide bonds. The van der Waals surface area contributed by atoms with Crippen LogP contribution in [0.5, 0.6) is 5.75 Å². The fourth-order valence-electron chi connectivity index (χ4n) is 7.77. The van der Waals surface area contributed by atoms with Crippen molar-refractivity contribution in [3.63, 3.8) is 0 Å². The van der Waals surface area contributed by atoms with E-state index in [9.17, 15) is 24.3 Å². The van der Waals surface area contributed by atoms with Gasteiger partial charge in [0.1, 0.15) is 34.6 Å². The highest BCUT2D eigenvalue weighted by atomic mass is 35.5. The summed E-state index contributed by atoms with van der Waals surface area (Å²) >= 11 is 10.9. The lowest BCUT2D eigenvalue weighted by molar-refractivity contribution is -0.265. The van der Waals surface area contributed by atoms with Gasteiger partial charge in [0, 0.05) is 33.5 Å². The number of amides is 3. The molecule has 1 unspecified atom stereocenters. The summed E-state index contributed by atoms with van der Waals surface area (Å²) in [6.45, 7) is 6.93. The molecule has 50 heavy (non-hydrogen) atoms. The van der Waals surface area contributed by atoms with Gasteiger partial charge in [0.05, 0.1) is 31.2 Å². The highest BCUT2D eigenvalue weighted by Crippen LogP contribution is 2.64. The van der Waals surface area contributed by atoms with Gasteiger partial charge in [-0.05, 0) is 50.6 Å². The predicted octanol–water partition coefficient (Wildman–Crippen LogP) is 3.44. The van der Waals surface area contributed by atoms with Gasteiger partial charge in [-0.1, -0.05) is 42.3 Å². The topological polar surface area (TPSA) is 156 Å². The van der Waals surface area contributed by atoms with Crippen LogP contribution in [0, 0.1) is 11.8 Å². The lowest BCUT2D eigenvalue weighted by atomic mass is 9.57. The fraction of sp³-hybridized carbons (Fsp3) is 0.600. The van der Waals surface area contributed by atoms with Crippen LogP contribution < -0.4 is 15.0 Å². The molecule has 0 radical (unpaired) electrons. The Morgan fingerprint density at radius 1 is 1.28 bits per heavy atom. The zero-order valence-corrected chi connectivity index (χ0v) is 31.2. The number of hydrogen-bond acceptors (Lipinski definition) is 11. The molecule has 4 aliphatic rings. The van der Waals surface area contributed by atoms with Crippen molar-refractivity contribution in [3.8, 4) is 5.75 Å². The van der Waals surface area contributed by atoms with Crippen LogP contribution in [0.25, 0.3) is 0 Å². The third-order valence-corrected chi connectivity index (χ3v) is 11.4. The molecule has 274 valence electrons. The number of carbonyl (C=O) groups is 4. The standard InChI is InChI=1S/C35H46ClN3O10S/c1-18-10-9-11-24(46-8)35(44)29-28(47-32(43)37-35)19(2)30-33(4,48-30)34(29,49-31(42)20(3)38(5)25(40)12-13-50)17-26(41)39(6)22-15-21(14-18)16-23(45-7)27(22)36/h9-11,15-16,19-20,24,28-30,44,50H,12-14,17H2,1-8H3,(H,37,43)/b11-9+,18-10+/t19-,20+,24-,28-,29?,30+,33-,34-,35-/m1/s1. The van der Waals surface area contributed by atoms with E-state index in [1.165, 1.54) is 45.0 Å². The molecule has 0 aromatic heterocycles. The number of likely N-dealkylation sites (N-methyl/N-ethyl adjacent to an activating group) is 1. The van der Waals surface area contributed by atoms with E-state index in [0.29, 0.717) is 17.9 Å². The lowest BCUT2D eigenvalue weighted by Crippen LogP contribution is -2.79. The second kappa shape index (κ2) is 14.0. The molecule has 9 atom stereocenters. The summed E-state index contributed by atoms with van der Waals surface area (Å²) in [5.41, 5.74) is -3.58. The molecule has 3 aliphatic heterocycles. The van der Waals surface area contributed by atoms with E-state index in [-0.39, 0.29) is 23.1 Å². The first kappa shape index (κ1) is 37.9. The largest absolute Gasteiger partial charge is 0.495 e. The number of carbonyl (C=O) groups excluding carboxylic acids is 4. The molecule has 1 aliphatic carbocycles. The maximum Gasteiger partial charge on any atom is 0.409 e. The molecule has 0 spiro atoms. The predicted molar refractivity (Wildman–Crippen MR) is 187 cm³/mol.